The van der Waals surface area contributed by atoms with Crippen LogP contribution in [0.15, 0.2) is 30.3 Å². The van der Waals surface area contributed by atoms with Crippen LogP contribution >= 0.6 is 0 Å². The zero-order valence-corrected chi connectivity index (χ0v) is 16.6. The van der Waals surface area contributed by atoms with Crippen LogP contribution in [0.1, 0.15) is 40.5 Å². The van der Waals surface area contributed by atoms with Crippen molar-refractivity contribution in [1.82, 2.24) is 0 Å². The Bertz CT molecular complexity index is 419. The number of ether oxygens (including phenoxy) is 2. The second-order valence-corrected chi connectivity index (χ2v) is 8.19. The summed E-state index contributed by atoms with van der Waals surface area (Å²) in [6.45, 7) is 12.4. The fourth-order valence-electron chi connectivity index (χ4n) is 3.07. The fraction of sp³-hybridized carbons (Fsp3) is 0.714. The Morgan fingerprint density at radius 2 is 1.42 bits per heavy atom. The molecule has 0 saturated carbocycles. The van der Waals surface area contributed by atoms with Gasteiger partial charge in [0.15, 0.2) is 0 Å². The normalized spacial score (nSPS) is 12.4. The van der Waals surface area contributed by atoms with Crippen LogP contribution in [0.3, 0.4) is 0 Å². The van der Waals surface area contributed by atoms with Gasteiger partial charge < -0.3 is 14.0 Å². The molecule has 0 atom stereocenters. The highest BCUT2D eigenvalue weighted by Crippen LogP contribution is 2.22. The van der Waals surface area contributed by atoms with E-state index in [4.69, 9.17) is 9.47 Å². The zero-order valence-electron chi connectivity index (χ0n) is 16.6. The fourth-order valence-corrected chi connectivity index (χ4v) is 3.07. The van der Waals surface area contributed by atoms with E-state index >= 15 is 0 Å². The number of quaternary nitrogens is 1. The van der Waals surface area contributed by atoms with Gasteiger partial charge in [-0.2, -0.15) is 0 Å². The number of hydrogen-bond donors (Lipinski definition) is 0. The van der Waals surface area contributed by atoms with E-state index < -0.39 is 0 Å². The Balaban J connectivity index is 2.29. The summed E-state index contributed by atoms with van der Waals surface area (Å²) in [5, 5.41) is 0. The highest BCUT2D eigenvalue weighted by atomic mass is 16.5. The lowest BCUT2D eigenvalue weighted by atomic mass is 9.93. The summed E-state index contributed by atoms with van der Waals surface area (Å²) in [5.74, 6) is 2.39. The highest BCUT2D eigenvalue weighted by Gasteiger charge is 2.29. The average molecular weight is 337 g/mol. The van der Waals surface area contributed by atoms with Crippen molar-refractivity contribution in [3.63, 3.8) is 0 Å². The standard InChI is InChI=1S/C21H38NO2/c1-18(2)16-20(17-19(3)4)22(5,6)12-13-23-14-15-24-21-10-8-7-9-11-21/h7-11,18-20H,12-17H2,1-6H3/q+1. The van der Waals surface area contributed by atoms with Crippen molar-refractivity contribution >= 4 is 0 Å². The maximum Gasteiger partial charge on any atom is 0.119 e. The predicted molar refractivity (Wildman–Crippen MR) is 102 cm³/mol. The number of nitrogens with zero attached hydrogens (tertiary/aromatic N) is 1. The number of para-hydroxylation sites is 1. The van der Waals surface area contributed by atoms with Crippen molar-refractivity contribution in [1.29, 1.82) is 0 Å². The van der Waals surface area contributed by atoms with Crippen LogP contribution < -0.4 is 4.74 Å². The van der Waals surface area contributed by atoms with Crippen LogP contribution in [0.4, 0.5) is 0 Å². The topological polar surface area (TPSA) is 18.5 Å². The van der Waals surface area contributed by atoms with Gasteiger partial charge in [0.2, 0.25) is 0 Å². The average Bonchev–Trinajstić information content (AvgIpc) is 2.50. The van der Waals surface area contributed by atoms with Gasteiger partial charge in [-0.25, -0.2) is 0 Å². The van der Waals surface area contributed by atoms with Crippen LogP contribution in [-0.4, -0.2) is 51.0 Å². The molecule has 0 N–H and O–H groups in total. The largest absolute Gasteiger partial charge is 0.491 e. The van der Waals surface area contributed by atoms with Gasteiger partial charge in [0.25, 0.3) is 0 Å². The van der Waals surface area contributed by atoms with Gasteiger partial charge in [0.05, 0.1) is 33.4 Å². The van der Waals surface area contributed by atoms with Gasteiger partial charge in [0, 0.05) is 12.8 Å². The zero-order chi connectivity index (χ0) is 18.0. The van der Waals surface area contributed by atoms with Gasteiger partial charge in [0.1, 0.15) is 18.9 Å². The quantitative estimate of drug-likeness (QED) is 0.409. The molecule has 1 aromatic rings. The van der Waals surface area contributed by atoms with E-state index in [0.29, 0.717) is 19.3 Å². The molecular weight excluding hydrogens is 298 g/mol. The molecule has 0 aliphatic rings. The first-order valence-electron chi connectivity index (χ1n) is 9.39. The minimum Gasteiger partial charge on any atom is -0.491 e. The van der Waals surface area contributed by atoms with Crippen LogP contribution in [0, 0.1) is 11.8 Å². The number of likely N-dealkylation sites (N-methyl/N-ethyl adjacent to an activating group) is 1. The molecule has 0 spiro atoms. The van der Waals surface area contributed by atoms with Gasteiger partial charge in [-0.05, 0) is 24.0 Å². The molecule has 0 saturated heterocycles. The second-order valence-electron chi connectivity index (χ2n) is 8.19. The van der Waals surface area contributed by atoms with Crippen molar-refractivity contribution in [2.24, 2.45) is 11.8 Å². The monoisotopic (exact) mass is 336 g/mol. The Hall–Kier alpha value is -1.06. The summed E-state index contributed by atoms with van der Waals surface area (Å²) in [6, 6.07) is 10.6. The predicted octanol–water partition coefficient (Wildman–Crippen LogP) is 4.62. The molecule has 1 rings (SSSR count). The molecule has 0 aromatic heterocycles. The van der Waals surface area contributed by atoms with E-state index in [-0.39, 0.29) is 0 Å². The second kappa shape index (κ2) is 10.7. The molecule has 1 aromatic carbocycles. The summed E-state index contributed by atoms with van der Waals surface area (Å²) >= 11 is 0. The molecule has 0 heterocycles. The lowest BCUT2D eigenvalue weighted by Gasteiger charge is -2.40. The van der Waals surface area contributed by atoms with E-state index in [1.807, 2.05) is 30.3 Å². The minimum atomic E-state index is 0.610. The van der Waals surface area contributed by atoms with Crippen LogP contribution in [0.5, 0.6) is 5.75 Å². The lowest BCUT2D eigenvalue weighted by Crippen LogP contribution is -2.51. The van der Waals surface area contributed by atoms with E-state index in [2.05, 4.69) is 41.8 Å². The third-order valence-corrected chi connectivity index (χ3v) is 4.53. The third-order valence-electron chi connectivity index (χ3n) is 4.53. The van der Waals surface area contributed by atoms with Gasteiger partial charge >= 0.3 is 0 Å². The first-order valence-corrected chi connectivity index (χ1v) is 9.39. The van der Waals surface area contributed by atoms with Crippen LogP contribution in [-0.2, 0) is 4.74 Å². The molecule has 0 amide bonds. The molecule has 3 nitrogen and oxygen atoms in total. The van der Waals surface area contributed by atoms with Crippen molar-refractivity contribution in [2.75, 3.05) is 40.5 Å². The molecule has 0 unspecified atom stereocenters. The summed E-state index contributed by atoms with van der Waals surface area (Å²) in [4.78, 5) is 0. The molecule has 138 valence electrons. The Kier molecular flexibility index (Phi) is 9.38. The van der Waals surface area contributed by atoms with E-state index in [1.165, 1.54) is 12.8 Å². The Labute approximate surface area is 149 Å². The molecule has 0 aliphatic heterocycles. The molecule has 0 aliphatic carbocycles. The number of hydrogen-bond acceptors (Lipinski definition) is 2. The van der Waals surface area contributed by atoms with Gasteiger partial charge in [-0.3, -0.25) is 0 Å². The molecule has 0 radical (unpaired) electrons. The molecule has 0 bridgehead atoms. The summed E-state index contributed by atoms with van der Waals surface area (Å²) in [5.41, 5.74) is 0. The summed E-state index contributed by atoms with van der Waals surface area (Å²) < 4.78 is 12.5. The van der Waals surface area contributed by atoms with Crippen LogP contribution in [0.25, 0.3) is 0 Å². The first-order chi connectivity index (χ1) is 11.3. The van der Waals surface area contributed by atoms with E-state index in [0.717, 1.165) is 35.2 Å². The van der Waals surface area contributed by atoms with Gasteiger partial charge in [-0.1, -0.05) is 45.9 Å². The molecule has 24 heavy (non-hydrogen) atoms. The highest BCUT2D eigenvalue weighted by molar-refractivity contribution is 5.20. The number of rotatable bonds is 12. The van der Waals surface area contributed by atoms with Gasteiger partial charge in [-0.15, -0.1) is 0 Å². The lowest BCUT2D eigenvalue weighted by molar-refractivity contribution is -0.916. The Morgan fingerprint density at radius 1 is 0.833 bits per heavy atom. The maximum absolute atomic E-state index is 5.81. The number of benzene rings is 1. The van der Waals surface area contributed by atoms with Crippen LogP contribution in [0.2, 0.25) is 0 Å². The SMILES string of the molecule is CC(C)CC(CC(C)C)[N+](C)(C)CCOCCOc1ccccc1. The summed E-state index contributed by atoms with van der Waals surface area (Å²) in [7, 11) is 4.69. The van der Waals surface area contributed by atoms with Crippen molar-refractivity contribution in [3.8, 4) is 5.75 Å². The molecule has 3 heteroatoms. The smallest absolute Gasteiger partial charge is 0.119 e. The molecular formula is C21H38NO2+. The summed E-state index contributed by atoms with van der Waals surface area (Å²) in [6.07, 6.45) is 2.56. The third kappa shape index (κ3) is 8.70. The van der Waals surface area contributed by atoms with Crippen molar-refractivity contribution in [3.05, 3.63) is 30.3 Å². The Morgan fingerprint density at radius 3 is 1.96 bits per heavy atom. The maximum atomic E-state index is 5.81. The minimum absolute atomic E-state index is 0.610. The van der Waals surface area contributed by atoms with E-state index in [9.17, 15) is 0 Å². The van der Waals surface area contributed by atoms with E-state index in [1.54, 1.807) is 0 Å². The van der Waals surface area contributed by atoms with Crippen molar-refractivity contribution in [2.45, 2.75) is 46.6 Å². The van der Waals surface area contributed by atoms with Crippen molar-refractivity contribution < 1.29 is 14.0 Å². The first kappa shape index (κ1) is 21.0. The molecule has 0 fully saturated rings.